The van der Waals surface area contributed by atoms with Crippen LogP contribution in [0.25, 0.3) is 0 Å². The topological polar surface area (TPSA) is 71.1 Å². The van der Waals surface area contributed by atoms with Gasteiger partial charge in [-0.25, -0.2) is 4.39 Å². The summed E-state index contributed by atoms with van der Waals surface area (Å²) in [4.78, 5) is 2.05. The molecule has 19 heavy (non-hydrogen) atoms. The van der Waals surface area contributed by atoms with Crippen LogP contribution in [0.4, 0.5) is 4.39 Å². The molecule has 1 aromatic rings. The molecule has 106 valence electrons. The molecule has 0 radical (unpaired) electrons. The number of amidine groups is 1. The maximum Gasteiger partial charge on any atom is 0.173 e. The minimum Gasteiger partial charge on any atom is -0.409 e. The van der Waals surface area contributed by atoms with Crippen LogP contribution in [-0.4, -0.2) is 42.7 Å². The molecule has 0 aliphatic rings. The van der Waals surface area contributed by atoms with E-state index in [1.807, 2.05) is 6.92 Å². The molecule has 6 heteroatoms. The zero-order valence-corrected chi connectivity index (χ0v) is 11.3. The van der Waals surface area contributed by atoms with E-state index in [9.17, 15) is 4.39 Å². The van der Waals surface area contributed by atoms with Crippen LogP contribution in [0, 0.1) is 5.82 Å². The van der Waals surface area contributed by atoms with E-state index >= 15 is 0 Å². The molecule has 0 amide bonds. The number of ether oxygens (including phenoxy) is 1. The van der Waals surface area contributed by atoms with Gasteiger partial charge in [-0.1, -0.05) is 24.2 Å². The maximum atomic E-state index is 14.2. The first-order chi connectivity index (χ1) is 9.13. The van der Waals surface area contributed by atoms with Gasteiger partial charge in [-0.15, -0.1) is 0 Å². The number of methoxy groups -OCH3 is 1. The molecule has 0 heterocycles. The summed E-state index contributed by atoms with van der Waals surface area (Å²) in [7, 11) is 1.63. The van der Waals surface area contributed by atoms with Gasteiger partial charge in [0.05, 0.1) is 12.2 Å². The van der Waals surface area contributed by atoms with Gasteiger partial charge in [0.15, 0.2) is 5.84 Å². The second-order valence-electron chi connectivity index (χ2n) is 4.13. The molecule has 0 saturated carbocycles. The predicted octanol–water partition coefficient (Wildman–Crippen LogP) is 1.39. The fourth-order valence-electron chi connectivity index (χ4n) is 1.76. The molecule has 0 spiro atoms. The fraction of sp³-hybridized carbons (Fsp3) is 0.462. The number of likely N-dealkylation sites (N-methyl/N-ethyl adjacent to an activating group) is 1. The van der Waals surface area contributed by atoms with Gasteiger partial charge in [0.1, 0.15) is 5.82 Å². The Hall–Kier alpha value is -1.66. The number of halogens is 1. The summed E-state index contributed by atoms with van der Waals surface area (Å²) in [5.41, 5.74) is 6.06. The zero-order chi connectivity index (χ0) is 14.3. The number of hydrogen-bond acceptors (Lipinski definition) is 4. The van der Waals surface area contributed by atoms with E-state index in [1.54, 1.807) is 19.2 Å². The molecule has 0 aliphatic heterocycles. The zero-order valence-electron chi connectivity index (χ0n) is 11.3. The van der Waals surface area contributed by atoms with Gasteiger partial charge < -0.3 is 15.7 Å². The highest BCUT2D eigenvalue weighted by atomic mass is 19.1. The van der Waals surface area contributed by atoms with Gasteiger partial charge in [0, 0.05) is 25.8 Å². The third kappa shape index (κ3) is 4.18. The van der Waals surface area contributed by atoms with Crippen molar-refractivity contribution >= 4 is 5.84 Å². The Kier molecular flexibility index (Phi) is 6.24. The molecule has 0 saturated heterocycles. The molecular weight excluding hydrogens is 249 g/mol. The Balaban J connectivity index is 2.89. The Morgan fingerprint density at radius 2 is 2.26 bits per heavy atom. The van der Waals surface area contributed by atoms with E-state index in [0.29, 0.717) is 18.7 Å². The smallest absolute Gasteiger partial charge is 0.173 e. The van der Waals surface area contributed by atoms with Crippen LogP contribution < -0.4 is 5.73 Å². The van der Waals surface area contributed by atoms with Crippen LogP contribution in [0.5, 0.6) is 0 Å². The van der Waals surface area contributed by atoms with Crippen molar-refractivity contribution < 1.29 is 14.3 Å². The highest BCUT2D eigenvalue weighted by molar-refractivity contribution is 5.97. The SMILES string of the molecule is CCN(CCOC)Cc1cccc(/C(N)=N/O)c1F. The molecule has 3 N–H and O–H groups in total. The third-order valence-corrected chi connectivity index (χ3v) is 2.92. The van der Waals surface area contributed by atoms with Crippen molar-refractivity contribution in [2.24, 2.45) is 10.9 Å². The first-order valence-electron chi connectivity index (χ1n) is 6.10. The second-order valence-corrected chi connectivity index (χ2v) is 4.13. The highest BCUT2D eigenvalue weighted by Crippen LogP contribution is 2.15. The van der Waals surface area contributed by atoms with Crippen molar-refractivity contribution in [2.75, 3.05) is 26.8 Å². The van der Waals surface area contributed by atoms with Crippen molar-refractivity contribution in [3.05, 3.63) is 35.1 Å². The van der Waals surface area contributed by atoms with Crippen LogP contribution in [0.2, 0.25) is 0 Å². The summed E-state index contributed by atoms with van der Waals surface area (Å²) in [5, 5.41) is 11.4. The number of nitrogens with zero attached hydrogens (tertiary/aromatic N) is 2. The normalized spacial score (nSPS) is 12.1. The lowest BCUT2D eigenvalue weighted by Crippen LogP contribution is -2.27. The van der Waals surface area contributed by atoms with Gasteiger partial charge in [-0.05, 0) is 12.6 Å². The van der Waals surface area contributed by atoms with E-state index < -0.39 is 5.82 Å². The standard InChI is InChI=1S/C13H20FN3O2/c1-3-17(7-8-19-2)9-10-5-4-6-11(12(10)14)13(15)16-18/h4-6,18H,3,7-9H2,1-2H3,(H2,15,16). The van der Waals surface area contributed by atoms with Crippen LogP contribution in [-0.2, 0) is 11.3 Å². The number of nitrogens with two attached hydrogens (primary N) is 1. The molecule has 0 unspecified atom stereocenters. The number of rotatable bonds is 7. The van der Waals surface area contributed by atoms with E-state index in [0.717, 1.165) is 13.1 Å². The molecule has 1 aromatic carbocycles. The van der Waals surface area contributed by atoms with Crippen LogP contribution in [0.1, 0.15) is 18.1 Å². The van der Waals surface area contributed by atoms with Gasteiger partial charge in [0.25, 0.3) is 0 Å². The number of oxime groups is 1. The molecule has 0 fully saturated rings. The lowest BCUT2D eigenvalue weighted by Gasteiger charge is -2.20. The molecule has 1 rings (SSSR count). The molecule has 0 bridgehead atoms. The summed E-state index contributed by atoms with van der Waals surface area (Å²) in [6.07, 6.45) is 0. The van der Waals surface area contributed by atoms with Crippen LogP contribution >= 0.6 is 0 Å². The first-order valence-corrected chi connectivity index (χ1v) is 6.10. The minimum absolute atomic E-state index is 0.114. The van der Waals surface area contributed by atoms with Gasteiger partial charge in [-0.2, -0.15) is 0 Å². The Morgan fingerprint density at radius 3 is 2.84 bits per heavy atom. The molecule has 5 nitrogen and oxygen atoms in total. The van der Waals surface area contributed by atoms with E-state index in [-0.39, 0.29) is 11.4 Å². The Labute approximate surface area is 112 Å². The minimum atomic E-state index is -0.450. The third-order valence-electron chi connectivity index (χ3n) is 2.92. The highest BCUT2D eigenvalue weighted by Gasteiger charge is 2.13. The predicted molar refractivity (Wildman–Crippen MR) is 71.7 cm³/mol. The Bertz CT molecular complexity index is 438. The number of benzene rings is 1. The summed E-state index contributed by atoms with van der Waals surface area (Å²) in [5.74, 6) is -0.673. The average molecular weight is 269 g/mol. The van der Waals surface area contributed by atoms with Gasteiger partial charge in [0.2, 0.25) is 0 Å². The van der Waals surface area contributed by atoms with Crippen molar-refractivity contribution in [1.29, 1.82) is 0 Å². The summed E-state index contributed by atoms with van der Waals surface area (Å²) >= 11 is 0. The van der Waals surface area contributed by atoms with E-state index in [4.69, 9.17) is 15.7 Å². The van der Waals surface area contributed by atoms with Gasteiger partial charge in [-0.3, -0.25) is 4.90 Å². The van der Waals surface area contributed by atoms with E-state index in [2.05, 4.69) is 10.1 Å². The maximum absolute atomic E-state index is 14.2. The van der Waals surface area contributed by atoms with Gasteiger partial charge >= 0.3 is 0 Å². The van der Waals surface area contributed by atoms with Crippen LogP contribution in [0.15, 0.2) is 23.4 Å². The first kappa shape index (κ1) is 15.4. The van der Waals surface area contributed by atoms with Crippen molar-refractivity contribution in [2.45, 2.75) is 13.5 Å². The molecular formula is C13H20FN3O2. The number of hydrogen-bond donors (Lipinski definition) is 2. The van der Waals surface area contributed by atoms with E-state index in [1.165, 1.54) is 6.07 Å². The quantitative estimate of drug-likeness (QED) is 0.339. The van der Waals surface area contributed by atoms with Crippen molar-refractivity contribution in [3.8, 4) is 0 Å². The lowest BCUT2D eigenvalue weighted by atomic mass is 10.1. The second kappa shape index (κ2) is 7.70. The summed E-state index contributed by atoms with van der Waals surface area (Å²) in [6, 6.07) is 4.87. The monoisotopic (exact) mass is 269 g/mol. The van der Waals surface area contributed by atoms with Crippen molar-refractivity contribution in [1.82, 2.24) is 4.90 Å². The fourth-order valence-corrected chi connectivity index (χ4v) is 1.76. The molecule has 0 aromatic heterocycles. The van der Waals surface area contributed by atoms with Crippen molar-refractivity contribution in [3.63, 3.8) is 0 Å². The molecule has 0 aliphatic carbocycles. The van der Waals surface area contributed by atoms with Crippen LogP contribution in [0.3, 0.4) is 0 Å². The largest absolute Gasteiger partial charge is 0.409 e. The summed E-state index contributed by atoms with van der Waals surface area (Å²) < 4.78 is 19.2. The average Bonchev–Trinajstić information content (AvgIpc) is 2.44. The summed E-state index contributed by atoms with van der Waals surface area (Å²) in [6.45, 7) is 4.56. The Morgan fingerprint density at radius 1 is 1.53 bits per heavy atom. The molecule has 0 atom stereocenters. The lowest BCUT2D eigenvalue weighted by molar-refractivity contribution is 0.147.